The average molecular weight is 231 g/mol. The minimum atomic E-state index is -0.306. The van der Waals surface area contributed by atoms with E-state index in [-0.39, 0.29) is 5.97 Å². The summed E-state index contributed by atoms with van der Waals surface area (Å²) < 4.78 is 6.76. The molecule has 2 aromatic rings. The van der Waals surface area contributed by atoms with Crippen molar-refractivity contribution in [1.29, 1.82) is 0 Å². The third-order valence-electron chi connectivity index (χ3n) is 2.50. The minimum Gasteiger partial charge on any atom is -0.462 e. The van der Waals surface area contributed by atoms with E-state index < -0.39 is 0 Å². The van der Waals surface area contributed by atoms with Crippen molar-refractivity contribution in [3.63, 3.8) is 0 Å². The first-order valence-corrected chi connectivity index (χ1v) is 5.35. The van der Waals surface area contributed by atoms with Crippen LogP contribution >= 0.6 is 0 Å². The fourth-order valence-electron chi connectivity index (χ4n) is 1.66. The van der Waals surface area contributed by atoms with Gasteiger partial charge in [0.05, 0.1) is 17.9 Å². The Kier molecular flexibility index (Phi) is 3.18. The van der Waals surface area contributed by atoms with Gasteiger partial charge >= 0.3 is 5.97 Å². The molecule has 0 N–H and O–H groups in total. The van der Waals surface area contributed by atoms with E-state index in [0.29, 0.717) is 12.2 Å². The molecular weight excluding hydrogens is 218 g/mol. The van der Waals surface area contributed by atoms with Gasteiger partial charge in [-0.05, 0) is 31.5 Å². The number of rotatable bonds is 3. The molecule has 0 aliphatic rings. The monoisotopic (exact) mass is 231 g/mol. The normalized spacial score (nSPS) is 10.2. The molecule has 0 saturated carbocycles. The van der Waals surface area contributed by atoms with Crippen LogP contribution in [0.1, 0.15) is 22.8 Å². The zero-order chi connectivity index (χ0) is 12.3. The molecule has 5 heteroatoms. The highest BCUT2D eigenvalue weighted by Gasteiger charge is 2.13. The number of hydrogen-bond donors (Lipinski definition) is 0. The van der Waals surface area contributed by atoms with Gasteiger partial charge in [0.2, 0.25) is 0 Å². The first-order valence-electron chi connectivity index (χ1n) is 5.35. The molecule has 1 heterocycles. The van der Waals surface area contributed by atoms with Crippen molar-refractivity contribution < 1.29 is 9.53 Å². The van der Waals surface area contributed by atoms with Gasteiger partial charge in [-0.15, -0.1) is 10.2 Å². The van der Waals surface area contributed by atoms with E-state index in [0.717, 1.165) is 11.3 Å². The van der Waals surface area contributed by atoms with Crippen LogP contribution in [0.4, 0.5) is 0 Å². The molecule has 0 unspecified atom stereocenters. The van der Waals surface area contributed by atoms with Gasteiger partial charge in [0.1, 0.15) is 12.7 Å². The highest BCUT2D eigenvalue weighted by atomic mass is 16.5. The molecule has 0 spiro atoms. The van der Waals surface area contributed by atoms with Gasteiger partial charge < -0.3 is 4.74 Å². The lowest BCUT2D eigenvalue weighted by molar-refractivity contribution is 0.0525. The highest BCUT2D eigenvalue weighted by molar-refractivity contribution is 5.92. The maximum absolute atomic E-state index is 11.7. The molecule has 88 valence electrons. The topological polar surface area (TPSA) is 57.0 Å². The summed E-state index contributed by atoms with van der Waals surface area (Å²) in [5, 5.41) is 7.49. The Morgan fingerprint density at radius 1 is 1.35 bits per heavy atom. The zero-order valence-electron chi connectivity index (χ0n) is 9.75. The second kappa shape index (κ2) is 4.78. The summed E-state index contributed by atoms with van der Waals surface area (Å²) in [6.07, 6.45) is 3.19. The van der Waals surface area contributed by atoms with Gasteiger partial charge in [-0.3, -0.25) is 4.57 Å². The lowest BCUT2D eigenvalue weighted by atomic mass is 10.1. The molecule has 0 saturated heterocycles. The van der Waals surface area contributed by atoms with Gasteiger partial charge in [-0.1, -0.05) is 6.07 Å². The summed E-state index contributed by atoms with van der Waals surface area (Å²) in [7, 11) is 0. The number of carbonyl (C=O) groups excluding carboxylic acids is 1. The van der Waals surface area contributed by atoms with Gasteiger partial charge in [-0.25, -0.2) is 4.79 Å². The van der Waals surface area contributed by atoms with Crippen molar-refractivity contribution in [2.24, 2.45) is 0 Å². The molecule has 17 heavy (non-hydrogen) atoms. The van der Waals surface area contributed by atoms with E-state index in [2.05, 4.69) is 10.2 Å². The average Bonchev–Trinajstić information content (AvgIpc) is 2.83. The number of carbonyl (C=O) groups is 1. The Morgan fingerprint density at radius 2 is 2.06 bits per heavy atom. The third kappa shape index (κ3) is 2.18. The molecule has 1 aromatic heterocycles. The van der Waals surface area contributed by atoms with Crippen LogP contribution in [0.2, 0.25) is 0 Å². The predicted octanol–water partition coefficient (Wildman–Crippen LogP) is 1.75. The maximum atomic E-state index is 11.7. The van der Waals surface area contributed by atoms with Gasteiger partial charge in [0.25, 0.3) is 0 Å². The minimum absolute atomic E-state index is 0.306. The number of ether oxygens (including phenoxy) is 1. The fraction of sp³-hybridized carbons (Fsp3) is 0.250. The van der Waals surface area contributed by atoms with Crippen molar-refractivity contribution in [3.05, 3.63) is 42.0 Å². The van der Waals surface area contributed by atoms with Crippen LogP contribution in [0.25, 0.3) is 5.69 Å². The van der Waals surface area contributed by atoms with Crippen LogP contribution in [0.5, 0.6) is 0 Å². The van der Waals surface area contributed by atoms with Crippen LogP contribution in [0, 0.1) is 6.92 Å². The lowest BCUT2D eigenvalue weighted by Crippen LogP contribution is -2.08. The van der Waals surface area contributed by atoms with E-state index in [1.54, 1.807) is 30.2 Å². The second-order valence-corrected chi connectivity index (χ2v) is 3.54. The predicted molar refractivity (Wildman–Crippen MR) is 62.1 cm³/mol. The van der Waals surface area contributed by atoms with Crippen molar-refractivity contribution in [2.75, 3.05) is 6.61 Å². The molecular formula is C12H13N3O2. The van der Waals surface area contributed by atoms with Gasteiger partial charge in [0.15, 0.2) is 0 Å². The Bertz CT molecular complexity index is 521. The molecule has 2 rings (SSSR count). The summed E-state index contributed by atoms with van der Waals surface area (Å²) in [6.45, 7) is 4.04. The fourth-order valence-corrected chi connectivity index (χ4v) is 1.66. The number of hydrogen-bond acceptors (Lipinski definition) is 4. The van der Waals surface area contributed by atoms with Crippen LogP contribution < -0.4 is 0 Å². The molecule has 0 aliphatic carbocycles. The summed E-state index contributed by atoms with van der Waals surface area (Å²) in [4.78, 5) is 11.7. The van der Waals surface area contributed by atoms with E-state index in [1.165, 1.54) is 0 Å². The van der Waals surface area contributed by atoms with Crippen LogP contribution in [-0.2, 0) is 4.74 Å². The smallest absolute Gasteiger partial charge is 0.338 e. The number of benzene rings is 1. The van der Waals surface area contributed by atoms with E-state index in [1.807, 2.05) is 19.1 Å². The Labute approximate surface area is 99.1 Å². The first-order chi connectivity index (χ1) is 8.24. The van der Waals surface area contributed by atoms with Crippen molar-refractivity contribution in [2.45, 2.75) is 13.8 Å². The first kappa shape index (κ1) is 11.3. The summed E-state index contributed by atoms with van der Waals surface area (Å²) >= 11 is 0. The Morgan fingerprint density at radius 3 is 2.71 bits per heavy atom. The molecule has 0 fully saturated rings. The van der Waals surface area contributed by atoms with Crippen LogP contribution in [0.15, 0.2) is 30.9 Å². The Balaban J connectivity index is 2.44. The molecule has 0 aliphatic heterocycles. The van der Waals surface area contributed by atoms with E-state index >= 15 is 0 Å². The lowest BCUT2D eigenvalue weighted by Gasteiger charge is -2.10. The molecule has 0 amide bonds. The number of esters is 1. The quantitative estimate of drug-likeness (QED) is 0.755. The molecule has 0 atom stereocenters. The number of nitrogens with zero attached hydrogens (tertiary/aromatic N) is 3. The zero-order valence-corrected chi connectivity index (χ0v) is 9.75. The van der Waals surface area contributed by atoms with Crippen molar-refractivity contribution in [3.8, 4) is 5.69 Å². The standard InChI is InChI=1S/C12H13N3O2/c1-3-17-12(16)10-5-4-6-11(9(10)2)15-7-13-14-8-15/h4-8H,3H2,1-2H3. The van der Waals surface area contributed by atoms with Crippen molar-refractivity contribution in [1.82, 2.24) is 14.8 Å². The van der Waals surface area contributed by atoms with E-state index in [9.17, 15) is 4.79 Å². The summed E-state index contributed by atoms with van der Waals surface area (Å²) in [6, 6.07) is 5.47. The summed E-state index contributed by atoms with van der Waals surface area (Å²) in [5.74, 6) is -0.306. The summed E-state index contributed by atoms with van der Waals surface area (Å²) in [5.41, 5.74) is 2.30. The van der Waals surface area contributed by atoms with Gasteiger partial charge in [-0.2, -0.15) is 0 Å². The van der Waals surface area contributed by atoms with E-state index in [4.69, 9.17) is 4.74 Å². The largest absolute Gasteiger partial charge is 0.462 e. The highest BCUT2D eigenvalue weighted by Crippen LogP contribution is 2.18. The Hall–Kier alpha value is -2.17. The van der Waals surface area contributed by atoms with Crippen LogP contribution in [0.3, 0.4) is 0 Å². The maximum Gasteiger partial charge on any atom is 0.338 e. The molecule has 0 bridgehead atoms. The SMILES string of the molecule is CCOC(=O)c1cccc(-n2cnnc2)c1C. The molecule has 1 aromatic carbocycles. The molecule has 0 radical (unpaired) electrons. The second-order valence-electron chi connectivity index (χ2n) is 3.54. The van der Waals surface area contributed by atoms with Gasteiger partial charge in [0, 0.05) is 0 Å². The van der Waals surface area contributed by atoms with Crippen molar-refractivity contribution >= 4 is 5.97 Å². The molecule has 5 nitrogen and oxygen atoms in total. The van der Waals surface area contributed by atoms with Crippen LogP contribution in [-0.4, -0.2) is 27.3 Å². The third-order valence-corrected chi connectivity index (χ3v) is 2.50. The number of aromatic nitrogens is 3.